The maximum absolute atomic E-state index is 12.9. The molecule has 1 aliphatic heterocycles. The molecule has 0 saturated carbocycles. The molecule has 20 heavy (non-hydrogen) atoms. The molecule has 0 aromatic carbocycles. The summed E-state index contributed by atoms with van der Waals surface area (Å²) in [5, 5.41) is 6.01. The molecule has 0 radical (unpaired) electrons. The molecule has 1 amide bonds. The van der Waals surface area contributed by atoms with Gasteiger partial charge in [-0.15, -0.1) is 0 Å². The van der Waals surface area contributed by atoms with Crippen LogP contribution in [0, 0.1) is 0 Å². The summed E-state index contributed by atoms with van der Waals surface area (Å²) in [5.74, 6) is 0. The molecule has 1 aliphatic rings. The third-order valence-corrected chi connectivity index (χ3v) is 2.94. The van der Waals surface area contributed by atoms with E-state index in [0.29, 0.717) is 18.7 Å². The lowest BCUT2D eigenvalue weighted by molar-refractivity contribution is -0.142. The summed E-state index contributed by atoms with van der Waals surface area (Å²) in [7, 11) is 1.21. The number of halogens is 3. The number of carbonyl (C=O) groups is 1. The van der Waals surface area contributed by atoms with Crippen LogP contribution in [0.4, 0.5) is 18.0 Å². The second-order valence-electron chi connectivity index (χ2n) is 4.22. The minimum Gasteiger partial charge on any atom is -0.453 e. The lowest BCUT2D eigenvalue weighted by atomic mass is 10.1. The van der Waals surface area contributed by atoms with Gasteiger partial charge in [0.25, 0.3) is 0 Å². The van der Waals surface area contributed by atoms with Crippen LogP contribution in [0.3, 0.4) is 0 Å². The highest BCUT2D eigenvalue weighted by Crippen LogP contribution is 2.34. The second-order valence-corrected chi connectivity index (χ2v) is 4.22. The smallest absolute Gasteiger partial charge is 0.435 e. The number of aromatic nitrogens is 2. The average Bonchev–Trinajstić information content (AvgIpc) is 2.78. The van der Waals surface area contributed by atoms with Crippen molar-refractivity contribution in [1.82, 2.24) is 15.1 Å². The van der Waals surface area contributed by atoms with Crippen LogP contribution in [0.2, 0.25) is 0 Å². The molecule has 0 bridgehead atoms. The fraction of sp³-hybridized carbons (Fsp3) is 0.636. The number of ether oxygens (including phenoxy) is 2. The first kappa shape index (κ1) is 14.6. The van der Waals surface area contributed by atoms with Crippen molar-refractivity contribution in [3.63, 3.8) is 0 Å². The number of hydrogen-bond donors (Lipinski definition) is 1. The monoisotopic (exact) mass is 293 g/mol. The first-order valence-electron chi connectivity index (χ1n) is 5.98. The number of carbonyl (C=O) groups excluding carboxylic acids is 1. The fourth-order valence-corrected chi connectivity index (χ4v) is 2.06. The highest BCUT2D eigenvalue weighted by molar-refractivity contribution is 5.66. The SMILES string of the molecule is COC(=O)NCCn1nc(C(F)(F)F)c2c1CCOC2. The average molecular weight is 293 g/mol. The Morgan fingerprint density at radius 2 is 2.30 bits per heavy atom. The normalized spacial score (nSPS) is 14.8. The molecule has 1 N–H and O–H groups in total. The number of alkyl halides is 3. The van der Waals surface area contributed by atoms with Crippen molar-refractivity contribution >= 4 is 6.09 Å². The standard InChI is InChI=1S/C11H14F3N3O3/c1-19-10(18)15-3-4-17-8-2-5-20-6-7(8)9(16-17)11(12,13)14/h2-6H2,1H3,(H,15,18). The molecule has 0 fully saturated rings. The van der Waals surface area contributed by atoms with E-state index < -0.39 is 18.0 Å². The van der Waals surface area contributed by atoms with Crippen molar-refractivity contribution in [1.29, 1.82) is 0 Å². The number of alkyl carbamates (subject to hydrolysis) is 1. The van der Waals surface area contributed by atoms with E-state index in [2.05, 4.69) is 15.2 Å². The van der Waals surface area contributed by atoms with E-state index >= 15 is 0 Å². The van der Waals surface area contributed by atoms with Gasteiger partial charge in [0.2, 0.25) is 0 Å². The van der Waals surface area contributed by atoms with Gasteiger partial charge < -0.3 is 14.8 Å². The van der Waals surface area contributed by atoms with Crippen LogP contribution >= 0.6 is 0 Å². The van der Waals surface area contributed by atoms with Crippen LogP contribution in [0.5, 0.6) is 0 Å². The number of fused-ring (bicyclic) bond motifs is 1. The van der Waals surface area contributed by atoms with Gasteiger partial charge in [-0.2, -0.15) is 18.3 Å². The molecular weight excluding hydrogens is 279 g/mol. The fourth-order valence-electron chi connectivity index (χ4n) is 2.06. The van der Waals surface area contributed by atoms with Crippen molar-refractivity contribution in [2.75, 3.05) is 20.3 Å². The van der Waals surface area contributed by atoms with Crippen LogP contribution in [-0.2, 0) is 35.2 Å². The summed E-state index contributed by atoms with van der Waals surface area (Å²) in [6.45, 7) is 0.557. The van der Waals surface area contributed by atoms with Gasteiger partial charge in [0, 0.05) is 24.2 Å². The summed E-state index contributed by atoms with van der Waals surface area (Å²) < 4.78 is 49.3. The molecule has 2 rings (SSSR count). The van der Waals surface area contributed by atoms with Crippen LogP contribution in [0.25, 0.3) is 0 Å². The predicted octanol–water partition coefficient (Wildman–Crippen LogP) is 1.33. The van der Waals surface area contributed by atoms with Gasteiger partial charge in [0.05, 0.1) is 26.9 Å². The third kappa shape index (κ3) is 3.03. The molecule has 0 saturated heterocycles. The summed E-state index contributed by atoms with van der Waals surface area (Å²) in [6, 6.07) is 0. The molecule has 1 aromatic heterocycles. The Labute approximate surface area is 112 Å². The molecule has 0 spiro atoms. The van der Waals surface area contributed by atoms with Gasteiger partial charge in [-0.25, -0.2) is 4.79 Å². The molecule has 0 atom stereocenters. The van der Waals surface area contributed by atoms with Gasteiger partial charge in [-0.1, -0.05) is 0 Å². The first-order chi connectivity index (χ1) is 9.43. The first-order valence-corrected chi connectivity index (χ1v) is 5.98. The molecule has 9 heteroatoms. The van der Waals surface area contributed by atoms with E-state index in [0.717, 1.165) is 0 Å². The molecule has 0 unspecified atom stereocenters. The van der Waals surface area contributed by atoms with E-state index in [-0.39, 0.29) is 25.3 Å². The van der Waals surface area contributed by atoms with Gasteiger partial charge in [0.1, 0.15) is 0 Å². The predicted molar refractivity (Wildman–Crippen MR) is 61.0 cm³/mol. The minimum absolute atomic E-state index is 0.0850. The van der Waals surface area contributed by atoms with Gasteiger partial charge in [0.15, 0.2) is 5.69 Å². The maximum Gasteiger partial charge on any atom is 0.435 e. The van der Waals surface area contributed by atoms with E-state index in [9.17, 15) is 18.0 Å². The lowest BCUT2D eigenvalue weighted by Crippen LogP contribution is -2.28. The number of nitrogens with one attached hydrogen (secondary N) is 1. The molecular formula is C11H14F3N3O3. The van der Waals surface area contributed by atoms with Gasteiger partial charge in [-0.05, 0) is 0 Å². The zero-order valence-corrected chi connectivity index (χ0v) is 10.8. The third-order valence-electron chi connectivity index (χ3n) is 2.94. The van der Waals surface area contributed by atoms with E-state index in [1.165, 1.54) is 11.8 Å². The molecule has 2 heterocycles. The number of amides is 1. The molecule has 6 nitrogen and oxygen atoms in total. The lowest BCUT2D eigenvalue weighted by Gasteiger charge is -2.15. The summed E-state index contributed by atoms with van der Waals surface area (Å²) >= 11 is 0. The van der Waals surface area contributed by atoms with Crippen LogP contribution in [-0.4, -0.2) is 36.1 Å². The molecule has 112 valence electrons. The summed E-state index contributed by atoms with van der Waals surface area (Å²) in [5.41, 5.74) is -0.317. The zero-order valence-electron chi connectivity index (χ0n) is 10.8. The number of methoxy groups -OCH3 is 1. The Morgan fingerprint density at radius 1 is 1.55 bits per heavy atom. The Bertz CT molecular complexity index is 499. The Hall–Kier alpha value is -1.77. The van der Waals surface area contributed by atoms with Crippen LogP contribution in [0.15, 0.2) is 0 Å². The Balaban J connectivity index is 2.16. The molecule has 1 aromatic rings. The van der Waals surface area contributed by atoms with Crippen molar-refractivity contribution in [3.8, 4) is 0 Å². The maximum atomic E-state index is 12.9. The Morgan fingerprint density at radius 3 is 2.95 bits per heavy atom. The highest BCUT2D eigenvalue weighted by Gasteiger charge is 2.39. The quantitative estimate of drug-likeness (QED) is 0.913. The minimum atomic E-state index is -4.51. The highest BCUT2D eigenvalue weighted by atomic mass is 19.4. The number of rotatable bonds is 3. The van der Waals surface area contributed by atoms with Crippen molar-refractivity contribution in [2.24, 2.45) is 0 Å². The van der Waals surface area contributed by atoms with E-state index in [1.54, 1.807) is 0 Å². The largest absolute Gasteiger partial charge is 0.453 e. The van der Waals surface area contributed by atoms with Crippen LogP contribution in [0.1, 0.15) is 17.0 Å². The molecule has 0 aliphatic carbocycles. The van der Waals surface area contributed by atoms with E-state index in [4.69, 9.17) is 4.74 Å². The topological polar surface area (TPSA) is 65.4 Å². The Kier molecular flexibility index (Phi) is 4.17. The van der Waals surface area contributed by atoms with Crippen molar-refractivity contribution in [2.45, 2.75) is 25.7 Å². The van der Waals surface area contributed by atoms with Gasteiger partial charge in [-0.3, -0.25) is 4.68 Å². The summed E-state index contributed by atoms with van der Waals surface area (Å²) in [4.78, 5) is 10.9. The summed E-state index contributed by atoms with van der Waals surface area (Å²) in [6.07, 6.45) is -4.77. The van der Waals surface area contributed by atoms with Crippen molar-refractivity contribution in [3.05, 3.63) is 17.0 Å². The van der Waals surface area contributed by atoms with Crippen LogP contribution < -0.4 is 5.32 Å². The zero-order chi connectivity index (χ0) is 14.8. The van der Waals surface area contributed by atoms with Crippen molar-refractivity contribution < 1.29 is 27.4 Å². The van der Waals surface area contributed by atoms with E-state index in [1.807, 2.05) is 0 Å². The van der Waals surface area contributed by atoms with Gasteiger partial charge >= 0.3 is 12.3 Å². The number of hydrogen-bond acceptors (Lipinski definition) is 4. The second kappa shape index (κ2) is 5.70. The number of nitrogens with zero attached hydrogens (tertiary/aromatic N) is 2.